The van der Waals surface area contributed by atoms with Crippen molar-refractivity contribution in [2.24, 2.45) is 0 Å². The summed E-state index contributed by atoms with van der Waals surface area (Å²) in [7, 11) is 0. The number of nitrogens with zero attached hydrogens (tertiary/aromatic N) is 2. The Bertz CT molecular complexity index is 750. The number of piperidine rings is 1. The molecule has 7 heteroatoms. The third-order valence-corrected chi connectivity index (χ3v) is 5.77. The van der Waals surface area contributed by atoms with Crippen molar-refractivity contribution >= 4 is 17.7 Å². The molecule has 1 aromatic heterocycles. The fraction of sp³-hybridized carbons (Fsp3) is 0.474. The monoisotopic (exact) mass is 373 g/mol. The number of nitrogens with one attached hydrogen (secondary N) is 1. The first-order valence-corrected chi connectivity index (χ1v) is 10.1. The molecule has 1 amide bonds. The third kappa shape index (κ3) is 3.98. The normalized spacial score (nSPS) is 19.4. The number of hydrogen-bond acceptors (Lipinski definition) is 5. The van der Waals surface area contributed by atoms with Gasteiger partial charge in [-0.1, -0.05) is 0 Å². The number of fused-ring (bicyclic) bond motifs is 1. The Balaban J connectivity index is 1.27. The summed E-state index contributed by atoms with van der Waals surface area (Å²) in [6, 6.07) is 5.96. The lowest BCUT2D eigenvalue weighted by atomic mass is 9.97. The molecule has 1 fully saturated rings. The van der Waals surface area contributed by atoms with E-state index in [2.05, 4.69) is 9.97 Å². The third-order valence-electron chi connectivity index (χ3n) is 4.78. The Morgan fingerprint density at radius 2 is 2.19 bits per heavy atom. The Labute approximate surface area is 157 Å². The summed E-state index contributed by atoms with van der Waals surface area (Å²) in [4.78, 5) is 23.2. The van der Waals surface area contributed by atoms with Gasteiger partial charge >= 0.3 is 0 Å². The standard InChI is InChI=1S/C19H23N3O3S/c23-18(22-8-1-2-14(13-22)19-20-6-7-21-19)5-11-26-15-3-4-16-17(12-15)25-10-9-24-16/h3-4,6-7,12,14H,1-2,5,8-11,13H2,(H,20,21)/t14-/m0/s1. The lowest BCUT2D eigenvalue weighted by molar-refractivity contribution is -0.131. The van der Waals surface area contributed by atoms with Gasteiger partial charge in [0.1, 0.15) is 19.0 Å². The molecule has 2 aromatic rings. The van der Waals surface area contributed by atoms with Crippen LogP contribution in [-0.2, 0) is 4.79 Å². The number of imidazole rings is 1. The van der Waals surface area contributed by atoms with Crippen LogP contribution < -0.4 is 9.47 Å². The van der Waals surface area contributed by atoms with Gasteiger partial charge in [0.05, 0.1) is 0 Å². The molecule has 1 atom stereocenters. The second-order valence-corrected chi connectivity index (χ2v) is 7.73. The minimum absolute atomic E-state index is 0.228. The molecule has 138 valence electrons. The molecule has 0 unspecified atom stereocenters. The number of aromatic amines is 1. The number of carbonyl (C=O) groups excluding carboxylic acids is 1. The van der Waals surface area contributed by atoms with Crippen LogP contribution in [-0.4, -0.2) is 52.8 Å². The van der Waals surface area contributed by atoms with Crippen LogP contribution in [0.15, 0.2) is 35.5 Å². The number of benzene rings is 1. The summed E-state index contributed by atoms with van der Waals surface area (Å²) in [5.41, 5.74) is 0. The topological polar surface area (TPSA) is 67.5 Å². The maximum Gasteiger partial charge on any atom is 0.223 e. The van der Waals surface area contributed by atoms with E-state index in [1.807, 2.05) is 29.3 Å². The van der Waals surface area contributed by atoms with Crippen molar-refractivity contribution in [3.8, 4) is 11.5 Å². The van der Waals surface area contributed by atoms with E-state index in [4.69, 9.17) is 9.47 Å². The van der Waals surface area contributed by atoms with E-state index in [9.17, 15) is 4.79 Å². The first-order valence-electron chi connectivity index (χ1n) is 9.09. The number of thioether (sulfide) groups is 1. The van der Waals surface area contributed by atoms with Crippen molar-refractivity contribution in [2.45, 2.75) is 30.1 Å². The maximum absolute atomic E-state index is 12.6. The summed E-state index contributed by atoms with van der Waals surface area (Å²) < 4.78 is 11.1. The second-order valence-electron chi connectivity index (χ2n) is 6.56. The van der Waals surface area contributed by atoms with Gasteiger partial charge in [-0.2, -0.15) is 0 Å². The minimum atomic E-state index is 0.228. The van der Waals surface area contributed by atoms with Crippen molar-refractivity contribution in [1.82, 2.24) is 14.9 Å². The molecule has 0 spiro atoms. The highest BCUT2D eigenvalue weighted by molar-refractivity contribution is 7.99. The van der Waals surface area contributed by atoms with Crippen LogP contribution in [0.25, 0.3) is 0 Å². The van der Waals surface area contributed by atoms with Crippen molar-refractivity contribution in [3.63, 3.8) is 0 Å². The molecule has 1 saturated heterocycles. The van der Waals surface area contributed by atoms with Crippen LogP contribution in [0, 0.1) is 0 Å². The van der Waals surface area contributed by atoms with Gasteiger partial charge in [0.25, 0.3) is 0 Å². The quantitative estimate of drug-likeness (QED) is 0.816. The van der Waals surface area contributed by atoms with E-state index in [1.165, 1.54) is 0 Å². The van der Waals surface area contributed by atoms with Gasteiger partial charge in [0, 0.05) is 48.5 Å². The van der Waals surface area contributed by atoms with Gasteiger partial charge in [0.2, 0.25) is 5.91 Å². The molecule has 26 heavy (non-hydrogen) atoms. The zero-order valence-corrected chi connectivity index (χ0v) is 15.5. The van der Waals surface area contributed by atoms with E-state index in [-0.39, 0.29) is 5.91 Å². The highest BCUT2D eigenvalue weighted by Crippen LogP contribution is 2.34. The van der Waals surface area contributed by atoms with Crippen LogP contribution in [0.4, 0.5) is 0 Å². The van der Waals surface area contributed by atoms with Crippen LogP contribution in [0.2, 0.25) is 0 Å². The number of hydrogen-bond donors (Lipinski definition) is 1. The van der Waals surface area contributed by atoms with E-state index in [1.54, 1.807) is 18.0 Å². The summed E-state index contributed by atoms with van der Waals surface area (Å²) in [5, 5.41) is 0. The van der Waals surface area contributed by atoms with Crippen molar-refractivity contribution in [2.75, 3.05) is 32.1 Å². The SMILES string of the molecule is O=C(CCSc1ccc2c(c1)OCCO2)N1CCC[C@H](c2ncc[nH]2)C1. The highest BCUT2D eigenvalue weighted by atomic mass is 32.2. The molecule has 6 nitrogen and oxygen atoms in total. The molecule has 1 aromatic carbocycles. The van der Waals surface area contributed by atoms with Gasteiger partial charge in [0.15, 0.2) is 11.5 Å². The number of ether oxygens (including phenoxy) is 2. The first-order chi connectivity index (χ1) is 12.8. The van der Waals surface area contributed by atoms with Gasteiger partial charge in [-0.25, -0.2) is 4.98 Å². The highest BCUT2D eigenvalue weighted by Gasteiger charge is 2.25. The fourth-order valence-corrected chi connectivity index (χ4v) is 4.32. The molecule has 1 N–H and O–H groups in total. The molecule has 2 aliphatic rings. The average molecular weight is 373 g/mol. The number of aromatic nitrogens is 2. The predicted molar refractivity (Wildman–Crippen MR) is 99.9 cm³/mol. The zero-order chi connectivity index (χ0) is 17.8. The van der Waals surface area contributed by atoms with Gasteiger partial charge in [-0.05, 0) is 31.0 Å². The van der Waals surface area contributed by atoms with E-state index in [0.29, 0.717) is 25.6 Å². The molecule has 0 saturated carbocycles. The minimum Gasteiger partial charge on any atom is -0.486 e. The molecule has 3 heterocycles. The number of H-pyrrole nitrogens is 1. The molecule has 4 rings (SSSR count). The number of rotatable bonds is 5. The Morgan fingerprint density at radius 1 is 1.31 bits per heavy atom. The van der Waals surface area contributed by atoms with Crippen molar-refractivity contribution in [1.29, 1.82) is 0 Å². The first kappa shape index (κ1) is 17.3. The lowest BCUT2D eigenvalue weighted by Crippen LogP contribution is -2.39. The molecular formula is C19H23N3O3S. The Kier molecular flexibility index (Phi) is 5.34. The smallest absolute Gasteiger partial charge is 0.223 e. The largest absolute Gasteiger partial charge is 0.486 e. The molecule has 2 aliphatic heterocycles. The zero-order valence-electron chi connectivity index (χ0n) is 14.6. The summed E-state index contributed by atoms with van der Waals surface area (Å²) in [6.07, 6.45) is 6.29. The van der Waals surface area contributed by atoms with Gasteiger partial charge in [-0.15, -0.1) is 11.8 Å². The molecule has 0 aliphatic carbocycles. The summed E-state index contributed by atoms with van der Waals surface area (Å²) >= 11 is 1.68. The van der Waals surface area contributed by atoms with E-state index < -0.39 is 0 Å². The van der Waals surface area contributed by atoms with Crippen LogP contribution in [0.5, 0.6) is 11.5 Å². The van der Waals surface area contributed by atoms with Crippen molar-refractivity contribution < 1.29 is 14.3 Å². The van der Waals surface area contributed by atoms with Crippen LogP contribution >= 0.6 is 11.8 Å². The summed E-state index contributed by atoms with van der Waals surface area (Å²) in [6.45, 7) is 2.81. The number of amides is 1. The Hall–Kier alpha value is -2.15. The second kappa shape index (κ2) is 8.03. The van der Waals surface area contributed by atoms with Gasteiger partial charge < -0.3 is 19.4 Å². The van der Waals surface area contributed by atoms with Crippen LogP contribution in [0.1, 0.15) is 31.0 Å². The molecule has 0 bridgehead atoms. The summed E-state index contributed by atoms with van der Waals surface area (Å²) in [5.74, 6) is 3.91. The van der Waals surface area contributed by atoms with Crippen molar-refractivity contribution in [3.05, 3.63) is 36.4 Å². The fourth-order valence-electron chi connectivity index (χ4n) is 3.46. The predicted octanol–water partition coefficient (Wildman–Crippen LogP) is 3.07. The van der Waals surface area contributed by atoms with Crippen LogP contribution in [0.3, 0.4) is 0 Å². The molecule has 0 radical (unpaired) electrons. The molecular weight excluding hydrogens is 350 g/mol. The lowest BCUT2D eigenvalue weighted by Gasteiger charge is -2.32. The van der Waals surface area contributed by atoms with E-state index >= 15 is 0 Å². The Morgan fingerprint density at radius 3 is 3.04 bits per heavy atom. The van der Waals surface area contributed by atoms with Gasteiger partial charge in [-0.3, -0.25) is 4.79 Å². The number of carbonyl (C=O) groups is 1. The number of likely N-dealkylation sites (tertiary alicyclic amines) is 1. The maximum atomic E-state index is 12.6. The average Bonchev–Trinajstić information content (AvgIpc) is 3.23. The van der Waals surface area contributed by atoms with E-state index in [0.717, 1.165) is 53.9 Å².